The minimum atomic E-state index is -2.00. The Morgan fingerprint density at radius 1 is 1.26 bits per heavy atom. The third-order valence-electron chi connectivity index (χ3n) is 5.87. The summed E-state index contributed by atoms with van der Waals surface area (Å²) in [6.45, 7) is 12.8. The summed E-state index contributed by atoms with van der Waals surface area (Å²) in [5.41, 5.74) is 0.656. The van der Waals surface area contributed by atoms with Crippen LogP contribution in [0.5, 0.6) is 0 Å². The van der Waals surface area contributed by atoms with Gasteiger partial charge in [-0.2, -0.15) is 0 Å². The first-order valence-electron chi connectivity index (χ1n) is 10.3. The highest BCUT2D eigenvalue weighted by Crippen LogP contribution is 2.39. The molecule has 0 bridgehead atoms. The molecule has 172 valence electrons. The zero-order valence-electron chi connectivity index (χ0n) is 19.0. The molecule has 0 N–H and O–H groups in total. The summed E-state index contributed by atoms with van der Waals surface area (Å²) in [7, 11) is -2.00. The van der Waals surface area contributed by atoms with E-state index in [0.717, 1.165) is 0 Å². The van der Waals surface area contributed by atoms with Crippen molar-refractivity contribution in [3.63, 3.8) is 0 Å². The lowest BCUT2D eigenvalue weighted by atomic mass is 10.2. The summed E-state index contributed by atoms with van der Waals surface area (Å²) < 4.78 is 12.0. The Kier molecular flexibility index (Phi) is 8.29. The molecule has 1 fully saturated rings. The van der Waals surface area contributed by atoms with Gasteiger partial charge in [-0.3, -0.25) is 14.9 Å². The zero-order chi connectivity index (χ0) is 23.4. The predicted molar refractivity (Wildman–Crippen MR) is 124 cm³/mol. The third kappa shape index (κ3) is 7.05. The van der Waals surface area contributed by atoms with Gasteiger partial charge in [0.05, 0.1) is 11.0 Å². The van der Waals surface area contributed by atoms with Crippen molar-refractivity contribution in [2.45, 2.75) is 71.0 Å². The van der Waals surface area contributed by atoms with Crippen LogP contribution in [0, 0.1) is 10.1 Å². The van der Waals surface area contributed by atoms with Gasteiger partial charge >= 0.3 is 6.09 Å². The number of nitro benzene ring substituents is 1. The molecule has 1 aromatic carbocycles. The average Bonchev–Trinajstić information content (AvgIpc) is 3.06. The molecule has 10 heteroatoms. The van der Waals surface area contributed by atoms with Crippen LogP contribution in [0.25, 0.3) is 0 Å². The maximum absolute atomic E-state index is 12.8. The molecule has 31 heavy (non-hydrogen) atoms. The first-order chi connectivity index (χ1) is 14.3. The Morgan fingerprint density at radius 2 is 1.87 bits per heavy atom. The lowest BCUT2D eigenvalue weighted by Gasteiger charge is -2.38. The summed E-state index contributed by atoms with van der Waals surface area (Å²) in [6.07, 6.45) is 0.110. The third-order valence-corrected chi connectivity index (χ3v) is 11.4. The molecule has 2 rings (SSSR count). The SMILES string of the molecule is CC(=O)SCC1CC(O[Si](C)(C)C(C)(C)C)CN1C(=O)OCc1ccc([N+](=O)[O-])cc1. The van der Waals surface area contributed by atoms with Gasteiger partial charge in [0.15, 0.2) is 13.4 Å². The molecule has 1 aliphatic rings. The monoisotopic (exact) mass is 468 g/mol. The Balaban J connectivity index is 2.04. The molecule has 0 saturated carbocycles. The molecule has 1 heterocycles. The molecule has 0 spiro atoms. The number of nitrogens with zero attached hydrogens (tertiary/aromatic N) is 2. The van der Waals surface area contributed by atoms with Crippen LogP contribution in [0.1, 0.15) is 39.7 Å². The van der Waals surface area contributed by atoms with Crippen molar-refractivity contribution >= 4 is 37.0 Å². The molecule has 1 aromatic rings. The van der Waals surface area contributed by atoms with Crippen LogP contribution >= 0.6 is 11.8 Å². The van der Waals surface area contributed by atoms with E-state index in [4.69, 9.17) is 9.16 Å². The number of non-ortho nitro benzene ring substituents is 1. The van der Waals surface area contributed by atoms with E-state index in [9.17, 15) is 19.7 Å². The van der Waals surface area contributed by atoms with E-state index >= 15 is 0 Å². The fourth-order valence-electron chi connectivity index (χ4n) is 3.09. The van der Waals surface area contributed by atoms with Gasteiger partial charge < -0.3 is 14.1 Å². The molecule has 2 atom stereocenters. The predicted octanol–water partition coefficient (Wildman–Crippen LogP) is 4.98. The topological polar surface area (TPSA) is 99.0 Å². The van der Waals surface area contributed by atoms with Gasteiger partial charge in [-0.15, -0.1) is 0 Å². The molecule has 8 nitrogen and oxygen atoms in total. The number of amides is 1. The Hall–Kier alpha value is -1.91. The van der Waals surface area contributed by atoms with E-state index in [-0.39, 0.29) is 34.6 Å². The van der Waals surface area contributed by atoms with Crippen LogP contribution in [-0.2, 0) is 20.6 Å². The number of ether oxygens (including phenoxy) is 1. The number of nitro groups is 1. The van der Waals surface area contributed by atoms with Gasteiger partial charge in [0, 0.05) is 37.4 Å². The maximum Gasteiger partial charge on any atom is 0.410 e. The highest BCUT2D eigenvalue weighted by molar-refractivity contribution is 8.13. The van der Waals surface area contributed by atoms with Crippen LogP contribution < -0.4 is 0 Å². The molecular formula is C21H32N2O6SSi. The Bertz CT molecular complexity index is 809. The molecule has 2 unspecified atom stereocenters. The summed E-state index contributed by atoms with van der Waals surface area (Å²) in [5.74, 6) is 0.499. The van der Waals surface area contributed by atoms with Crippen LogP contribution in [0.15, 0.2) is 24.3 Å². The molecule has 1 amide bonds. The number of carbonyl (C=O) groups excluding carboxylic acids is 2. The lowest BCUT2D eigenvalue weighted by molar-refractivity contribution is -0.384. The number of rotatable bonds is 7. The molecule has 0 aliphatic carbocycles. The van der Waals surface area contributed by atoms with Gasteiger partial charge in [-0.05, 0) is 42.2 Å². The van der Waals surface area contributed by atoms with Gasteiger partial charge in [0.25, 0.3) is 5.69 Å². The zero-order valence-corrected chi connectivity index (χ0v) is 20.9. The molecular weight excluding hydrogens is 436 g/mol. The van der Waals surface area contributed by atoms with E-state index < -0.39 is 19.3 Å². The first-order valence-corrected chi connectivity index (χ1v) is 14.2. The lowest BCUT2D eigenvalue weighted by Crippen LogP contribution is -2.44. The van der Waals surface area contributed by atoms with Gasteiger partial charge in [-0.25, -0.2) is 4.79 Å². The van der Waals surface area contributed by atoms with Crippen molar-refractivity contribution in [3.05, 3.63) is 39.9 Å². The number of carbonyl (C=O) groups is 2. The second kappa shape index (κ2) is 10.1. The van der Waals surface area contributed by atoms with E-state index in [1.54, 1.807) is 17.0 Å². The van der Waals surface area contributed by atoms with E-state index in [1.165, 1.54) is 30.8 Å². The minimum absolute atomic E-state index is 0.00737. The first kappa shape index (κ1) is 25.3. The van der Waals surface area contributed by atoms with E-state index in [2.05, 4.69) is 33.9 Å². The summed E-state index contributed by atoms with van der Waals surface area (Å²) >= 11 is 1.20. The number of hydrogen-bond acceptors (Lipinski definition) is 7. The fraction of sp³-hybridized carbons (Fsp3) is 0.619. The smallest absolute Gasteiger partial charge is 0.410 e. The molecule has 0 aromatic heterocycles. The average molecular weight is 469 g/mol. The summed E-state index contributed by atoms with van der Waals surface area (Å²) in [5, 5.41) is 10.8. The maximum atomic E-state index is 12.8. The van der Waals surface area contributed by atoms with Crippen molar-refractivity contribution in [2.75, 3.05) is 12.3 Å². The van der Waals surface area contributed by atoms with Crippen molar-refractivity contribution in [2.24, 2.45) is 0 Å². The fourth-order valence-corrected chi connectivity index (χ4v) is 5.19. The molecule has 1 saturated heterocycles. The molecule has 1 aliphatic heterocycles. The van der Waals surface area contributed by atoms with Crippen LogP contribution in [-0.4, -0.2) is 53.8 Å². The van der Waals surface area contributed by atoms with Crippen molar-refractivity contribution in [3.8, 4) is 0 Å². The number of hydrogen-bond donors (Lipinski definition) is 0. The summed E-state index contributed by atoms with van der Waals surface area (Å²) in [6, 6.07) is 5.76. The van der Waals surface area contributed by atoms with Crippen LogP contribution in [0.2, 0.25) is 18.1 Å². The highest BCUT2D eigenvalue weighted by atomic mass is 32.2. The van der Waals surface area contributed by atoms with Crippen molar-refractivity contribution in [1.29, 1.82) is 0 Å². The van der Waals surface area contributed by atoms with Gasteiger partial charge in [-0.1, -0.05) is 32.5 Å². The van der Waals surface area contributed by atoms with Crippen LogP contribution in [0.3, 0.4) is 0 Å². The van der Waals surface area contributed by atoms with Crippen molar-refractivity contribution < 1.29 is 23.7 Å². The number of benzene rings is 1. The molecule has 0 radical (unpaired) electrons. The second-order valence-electron chi connectivity index (χ2n) is 9.32. The van der Waals surface area contributed by atoms with Crippen molar-refractivity contribution in [1.82, 2.24) is 4.90 Å². The van der Waals surface area contributed by atoms with E-state index in [1.807, 2.05) is 0 Å². The highest BCUT2D eigenvalue weighted by Gasteiger charge is 2.44. The standard InChI is InChI=1S/C21H32N2O6SSi/c1-15(24)30-14-18-11-19(29-31(5,6)21(2,3)4)12-22(18)20(25)28-13-16-7-9-17(10-8-16)23(26)27/h7-10,18-19H,11-14H2,1-6H3. The van der Waals surface area contributed by atoms with E-state index in [0.29, 0.717) is 24.3 Å². The normalized spacial score (nSPS) is 19.4. The van der Waals surface area contributed by atoms with Gasteiger partial charge in [0.2, 0.25) is 0 Å². The second-order valence-corrected chi connectivity index (χ2v) is 15.3. The van der Waals surface area contributed by atoms with Crippen LogP contribution in [0.4, 0.5) is 10.5 Å². The quantitative estimate of drug-likeness (QED) is 0.316. The largest absolute Gasteiger partial charge is 0.445 e. The number of thioether (sulfide) groups is 1. The van der Waals surface area contributed by atoms with Gasteiger partial charge in [0.1, 0.15) is 6.61 Å². The number of likely N-dealkylation sites (tertiary alicyclic amines) is 1. The Morgan fingerprint density at radius 3 is 2.39 bits per heavy atom. The minimum Gasteiger partial charge on any atom is -0.445 e. The summed E-state index contributed by atoms with van der Waals surface area (Å²) in [4.78, 5) is 36.2. The Labute approximate surface area is 188 Å².